The Kier molecular flexibility index (Phi) is 1.72. The average Bonchev–Trinajstić information content (AvgIpc) is 2.84. The van der Waals surface area contributed by atoms with Gasteiger partial charge in [-0.15, -0.1) is 11.3 Å². The van der Waals surface area contributed by atoms with Gasteiger partial charge in [0.05, 0.1) is 4.88 Å². The van der Waals surface area contributed by atoms with E-state index in [9.17, 15) is 4.79 Å². The lowest BCUT2D eigenvalue weighted by Crippen LogP contribution is -1.98. The van der Waals surface area contributed by atoms with Gasteiger partial charge in [-0.2, -0.15) is 0 Å². The first-order valence-corrected chi connectivity index (χ1v) is 5.33. The Balaban J connectivity index is 2.27. The number of pyridine rings is 1. The molecular weight excluding hydrogens is 210 g/mol. The highest BCUT2D eigenvalue weighted by atomic mass is 32.1. The second kappa shape index (κ2) is 3.06. The van der Waals surface area contributed by atoms with Crippen LogP contribution in [0.3, 0.4) is 0 Å². The number of aromatic amines is 1. The van der Waals surface area contributed by atoms with Gasteiger partial charge >= 0.3 is 0 Å². The van der Waals surface area contributed by atoms with Crippen molar-refractivity contribution in [3.05, 3.63) is 46.1 Å². The molecule has 0 aromatic carbocycles. The van der Waals surface area contributed by atoms with Crippen LogP contribution in [0, 0.1) is 0 Å². The number of nitrogens with one attached hydrogen (secondary N) is 1. The van der Waals surface area contributed by atoms with E-state index in [4.69, 9.17) is 0 Å². The first-order valence-electron chi connectivity index (χ1n) is 4.45. The molecule has 15 heavy (non-hydrogen) atoms. The Morgan fingerprint density at radius 2 is 2.33 bits per heavy atom. The summed E-state index contributed by atoms with van der Waals surface area (Å²) in [4.78, 5) is 16.5. The lowest BCUT2D eigenvalue weighted by molar-refractivity contribution is 0.964. The van der Waals surface area contributed by atoms with E-state index in [1.54, 1.807) is 22.0 Å². The van der Waals surface area contributed by atoms with Crippen molar-refractivity contribution in [3.63, 3.8) is 0 Å². The van der Waals surface area contributed by atoms with Crippen LogP contribution in [0.2, 0.25) is 0 Å². The normalized spacial score (nSPS) is 10.9. The lowest BCUT2D eigenvalue weighted by Gasteiger charge is -1.88. The van der Waals surface area contributed by atoms with Crippen molar-refractivity contribution in [2.45, 2.75) is 0 Å². The summed E-state index contributed by atoms with van der Waals surface area (Å²) in [5.41, 5.74) is 0.616. The molecule has 3 aromatic rings. The highest BCUT2D eigenvalue weighted by molar-refractivity contribution is 7.13. The van der Waals surface area contributed by atoms with Gasteiger partial charge in [0, 0.05) is 18.3 Å². The van der Waals surface area contributed by atoms with Gasteiger partial charge in [0.2, 0.25) is 0 Å². The molecule has 0 atom stereocenters. The molecule has 0 aliphatic heterocycles. The summed E-state index contributed by atoms with van der Waals surface area (Å²) in [6, 6.07) is 6.97. The Bertz CT molecular complexity index is 651. The molecule has 0 saturated carbocycles. The predicted molar refractivity (Wildman–Crippen MR) is 59.1 cm³/mol. The first-order chi connectivity index (χ1) is 7.33. The zero-order valence-corrected chi connectivity index (χ0v) is 8.49. The second-order valence-corrected chi connectivity index (χ2v) is 4.09. The van der Waals surface area contributed by atoms with Crippen LogP contribution in [0.25, 0.3) is 16.3 Å². The maximum atomic E-state index is 11.1. The van der Waals surface area contributed by atoms with Crippen LogP contribution in [-0.4, -0.2) is 14.6 Å². The molecule has 0 bridgehead atoms. The summed E-state index contributed by atoms with van der Waals surface area (Å²) < 4.78 is 1.73. The smallest absolute Gasteiger partial charge is 0.183 e. The maximum absolute atomic E-state index is 11.1. The van der Waals surface area contributed by atoms with Gasteiger partial charge in [-0.3, -0.25) is 9.89 Å². The molecule has 3 rings (SSSR count). The molecule has 0 aliphatic rings. The van der Waals surface area contributed by atoms with E-state index in [0.29, 0.717) is 5.65 Å². The molecule has 74 valence electrons. The average molecular weight is 217 g/mol. The van der Waals surface area contributed by atoms with Gasteiger partial charge in [-0.05, 0) is 11.4 Å². The fraction of sp³-hybridized carbons (Fsp3) is 0. The molecule has 1 N–H and O–H groups in total. The molecule has 3 aromatic heterocycles. The van der Waals surface area contributed by atoms with Crippen molar-refractivity contribution >= 4 is 17.0 Å². The fourth-order valence-electron chi connectivity index (χ4n) is 1.43. The third-order valence-corrected chi connectivity index (χ3v) is 2.99. The minimum atomic E-state index is -0.0285. The van der Waals surface area contributed by atoms with Crippen LogP contribution in [0.4, 0.5) is 0 Å². The number of rotatable bonds is 1. The van der Waals surface area contributed by atoms with Crippen LogP contribution in [0.15, 0.2) is 40.6 Å². The molecular formula is C10H7N3OS. The molecule has 0 unspecified atom stereocenters. The predicted octanol–water partition coefficient (Wildman–Crippen LogP) is 1.75. The molecule has 0 radical (unpaired) electrons. The second-order valence-electron chi connectivity index (χ2n) is 3.14. The van der Waals surface area contributed by atoms with Gasteiger partial charge in [-0.25, -0.2) is 9.50 Å². The Hall–Kier alpha value is -1.88. The third-order valence-electron chi connectivity index (χ3n) is 2.11. The minimum Gasteiger partial charge on any atom is -0.290 e. The van der Waals surface area contributed by atoms with Crippen LogP contribution >= 0.6 is 11.3 Å². The Morgan fingerprint density at radius 1 is 1.40 bits per heavy atom. The minimum absolute atomic E-state index is 0.0285. The molecule has 0 spiro atoms. The number of aromatic nitrogens is 3. The van der Waals surface area contributed by atoms with Gasteiger partial charge in [0.15, 0.2) is 16.9 Å². The van der Waals surface area contributed by atoms with Crippen LogP contribution < -0.4 is 5.43 Å². The van der Waals surface area contributed by atoms with E-state index in [-0.39, 0.29) is 5.43 Å². The zero-order valence-electron chi connectivity index (χ0n) is 7.68. The number of nitrogens with zero attached hydrogens (tertiary/aromatic N) is 2. The van der Waals surface area contributed by atoms with Crippen molar-refractivity contribution in [1.29, 1.82) is 0 Å². The highest BCUT2D eigenvalue weighted by Gasteiger charge is 2.04. The van der Waals surface area contributed by atoms with Crippen LogP contribution in [-0.2, 0) is 0 Å². The number of fused-ring (bicyclic) bond motifs is 1. The summed E-state index contributed by atoms with van der Waals surface area (Å²) in [6.07, 6.45) is 1.68. The standard InChI is InChI=1S/C10H7N3OS/c14-7-3-4-13-9(6-7)11-10(12-13)8-2-1-5-15-8/h1-6H,(H,11,12). The summed E-state index contributed by atoms with van der Waals surface area (Å²) >= 11 is 1.61. The van der Waals surface area contributed by atoms with E-state index in [0.717, 1.165) is 10.7 Å². The zero-order chi connectivity index (χ0) is 10.3. The number of H-pyrrole nitrogens is 1. The van der Waals surface area contributed by atoms with E-state index in [1.807, 2.05) is 17.5 Å². The van der Waals surface area contributed by atoms with Gasteiger partial charge in [0.25, 0.3) is 0 Å². The van der Waals surface area contributed by atoms with E-state index >= 15 is 0 Å². The first kappa shape index (κ1) is 8.43. The van der Waals surface area contributed by atoms with Crippen LogP contribution in [0.1, 0.15) is 0 Å². The van der Waals surface area contributed by atoms with Crippen molar-refractivity contribution in [3.8, 4) is 10.7 Å². The van der Waals surface area contributed by atoms with Gasteiger partial charge in [0.1, 0.15) is 0 Å². The topological polar surface area (TPSA) is 50.2 Å². The Labute approximate surface area is 88.8 Å². The van der Waals surface area contributed by atoms with Crippen molar-refractivity contribution < 1.29 is 0 Å². The van der Waals surface area contributed by atoms with Crippen LogP contribution in [0.5, 0.6) is 0 Å². The lowest BCUT2D eigenvalue weighted by atomic mass is 10.4. The van der Waals surface area contributed by atoms with Gasteiger partial charge < -0.3 is 0 Å². The monoisotopic (exact) mass is 217 g/mol. The third kappa shape index (κ3) is 1.37. The quantitative estimate of drug-likeness (QED) is 0.675. The largest absolute Gasteiger partial charge is 0.290 e. The molecule has 0 amide bonds. The van der Waals surface area contributed by atoms with E-state index < -0.39 is 0 Å². The van der Waals surface area contributed by atoms with E-state index in [1.165, 1.54) is 12.1 Å². The number of hydrogen-bond donors (Lipinski definition) is 1. The summed E-state index contributed by atoms with van der Waals surface area (Å²) in [5, 5.41) is 5.09. The molecule has 0 fully saturated rings. The molecule has 5 heteroatoms. The summed E-state index contributed by atoms with van der Waals surface area (Å²) in [7, 11) is 0. The van der Waals surface area contributed by atoms with Gasteiger partial charge in [-0.1, -0.05) is 6.07 Å². The molecule has 3 heterocycles. The highest BCUT2D eigenvalue weighted by Crippen LogP contribution is 2.20. The molecule has 0 saturated heterocycles. The SMILES string of the molecule is O=c1ccn2[nH]c(-c3cccs3)nc2c1. The summed E-state index contributed by atoms with van der Waals surface area (Å²) in [5.74, 6) is 0.788. The Morgan fingerprint density at radius 3 is 3.13 bits per heavy atom. The number of thiophene rings is 1. The number of hydrogen-bond acceptors (Lipinski definition) is 3. The van der Waals surface area contributed by atoms with Crippen molar-refractivity contribution in [2.75, 3.05) is 0 Å². The van der Waals surface area contributed by atoms with E-state index in [2.05, 4.69) is 10.1 Å². The molecule has 4 nitrogen and oxygen atoms in total. The maximum Gasteiger partial charge on any atom is 0.183 e. The summed E-state index contributed by atoms with van der Waals surface area (Å²) in [6.45, 7) is 0. The fourth-order valence-corrected chi connectivity index (χ4v) is 2.09. The van der Waals surface area contributed by atoms with Crippen molar-refractivity contribution in [2.24, 2.45) is 0 Å². The molecule has 0 aliphatic carbocycles. The van der Waals surface area contributed by atoms with Crippen molar-refractivity contribution in [1.82, 2.24) is 14.6 Å².